The Morgan fingerprint density at radius 1 is 1.11 bits per heavy atom. The first-order chi connectivity index (χ1) is 8.97. The lowest BCUT2D eigenvalue weighted by atomic mass is 10.1. The van der Waals surface area contributed by atoms with Gasteiger partial charge < -0.3 is 5.73 Å². The molecule has 0 aliphatic heterocycles. The van der Waals surface area contributed by atoms with Gasteiger partial charge in [-0.1, -0.05) is 50.6 Å². The second-order valence-electron chi connectivity index (χ2n) is 4.77. The summed E-state index contributed by atoms with van der Waals surface area (Å²) < 4.78 is 24.3. The first-order valence-corrected chi connectivity index (χ1v) is 8.78. The van der Waals surface area contributed by atoms with E-state index in [-0.39, 0.29) is 16.3 Å². The van der Waals surface area contributed by atoms with Crippen molar-refractivity contribution in [3.63, 3.8) is 0 Å². The number of hydrogen-bond donors (Lipinski definition) is 1. The summed E-state index contributed by atoms with van der Waals surface area (Å²) in [6.07, 6.45) is 6.30. The molecule has 0 saturated heterocycles. The number of hydrogen-bond acceptors (Lipinski definition) is 3. The van der Waals surface area contributed by atoms with E-state index < -0.39 is 9.84 Å². The standard InChI is InChI=1S/C14H22ClNO2S/c1-2-3-4-5-6-7-10-19(17,18)14-11-12(15)8-9-13(14)16/h8-9,11H,2-7,10,16H2,1H3. The monoisotopic (exact) mass is 303 g/mol. The molecule has 0 fully saturated rings. The molecule has 1 aromatic rings. The molecule has 0 bridgehead atoms. The molecule has 0 atom stereocenters. The predicted octanol–water partition coefficient (Wildman–Crippen LogP) is 4.06. The molecule has 3 nitrogen and oxygen atoms in total. The quantitative estimate of drug-likeness (QED) is 0.582. The van der Waals surface area contributed by atoms with E-state index in [2.05, 4.69) is 6.92 Å². The molecule has 0 spiro atoms. The maximum Gasteiger partial charge on any atom is 0.180 e. The zero-order valence-electron chi connectivity index (χ0n) is 11.4. The fourth-order valence-corrected chi connectivity index (χ4v) is 3.73. The van der Waals surface area contributed by atoms with Crippen LogP contribution in [0, 0.1) is 0 Å². The van der Waals surface area contributed by atoms with Crippen LogP contribution in [0.2, 0.25) is 5.02 Å². The Labute approximate surface area is 121 Å². The van der Waals surface area contributed by atoms with Gasteiger partial charge in [0.2, 0.25) is 0 Å². The molecule has 0 amide bonds. The summed E-state index contributed by atoms with van der Waals surface area (Å²) in [4.78, 5) is 0.161. The molecule has 2 N–H and O–H groups in total. The van der Waals surface area contributed by atoms with E-state index in [4.69, 9.17) is 17.3 Å². The van der Waals surface area contributed by atoms with Gasteiger partial charge in [0.15, 0.2) is 9.84 Å². The second kappa shape index (κ2) is 7.75. The lowest BCUT2D eigenvalue weighted by Gasteiger charge is -2.08. The molecule has 0 aromatic heterocycles. The van der Waals surface area contributed by atoms with Gasteiger partial charge in [-0.25, -0.2) is 8.42 Å². The predicted molar refractivity (Wildman–Crippen MR) is 81.3 cm³/mol. The number of nitrogens with two attached hydrogens (primary N) is 1. The van der Waals surface area contributed by atoms with Gasteiger partial charge in [0.05, 0.1) is 16.3 Å². The molecule has 108 valence electrons. The summed E-state index contributed by atoms with van der Waals surface area (Å²) in [6, 6.07) is 4.57. The van der Waals surface area contributed by atoms with E-state index in [0.717, 1.165) is 12.8 Å². The average Bonchev–Trinajstić information content (AvgIpc) is 2.36. The van der Waals surface area contributed by atoms with Crippen LogP contribution in [0.1, 0.15) is 45.4 Å². The van der Waals surface area contributed by atoms with Crippen molar-refractivity contribution in [3.8, 4) is 0 Å². The molecule has 0 radical (unpaired) electrons. The van der Waals surface area contributed by atoms with Gasteiger partial charge in [0, 0.05) is 5.02 Å². The Balaban J connectivity index is 2.54. The number of nitrogen functional groups attached to an aromatic ring is 1. The fourth-order valence-electron chi connectivity index (χ4n) is 1.96. The Kier molecular flexibility index (Phi) is 6.66. The van der Waals surface area contributed by atoms with Crippen molar-refractivity contribution >= 4 is 27.1 Å². The van der Waals surface area contributed by atoms with Gasteiger partial charge in [-0.15, -0.1) is 0 Å². The summed E-state index contributed by atoms with van der Waals surface area (Å²) in [6.45, 7) is 2.16. The van der Waals surface area contributed by atoms with Crippen molar-refractivity contribution in [2.45, 2.75) is 50.3 Å². The van der Waals surface area contributed by atoms with Crippen LogP contribution in [0.15, 0.2) is 23.1 Å². The minimum atomic E-state index is -3.32. The van der Waals surface area contributed by atoms with Gasteiger partial charge in [0.1, 0.15) is 0 Å². The maximum atomic E-state index is 12.2. The number of sulfone groups is 1. The third kappa shape index (κ3) is 5.41. The van der Waals surface area contributed by atoms with Crippen LogP contribution in [-0.4, -0.2) is 14.2 Å². The lowest BCUT2D eigenvalue weighted by Crippen LogP contribution is -2.09. The average molecular weight is 304 g/mol. The minimum absolute atomic E-state index is 0.143. The minimum Gasteiger partial charge on any atom is -0.398 e. The largest absolute Gasteiger partial charge is 0.398 e. The van der Waals surface area contributed by atoms with E-state index in [9.17, 15) is 8.42 Å². The molecule has 1 aromatic carbocycles. The van der Waals surface area contributed by atoms with Crippen LogP contribution < -0.4 is 5.73 Å². The molecule has 19 heavy (non-hydrogen) atoms. The number of unbranched alkanes of at least 4 members (excludes halogenated alkanes) is 5. The molecule has 0 aliphatic rings. The zero-order valence-corrected chi connectivity index (χ0v) is 12.9. The molecule has 1 rings (SSSR count). The van der Waals surface area contributed by atoms with Crippen LogP contribution in [0.3, 0.4) is 0 Å². The van der Waals surface area contributed by atoms with E-state index in [1.54, 1.807) is 6.07 Å². The Morgan fingerprint density at radius 3 is 2.42 bits per heavy atom. The molecule has 0 aliphatic carbocycles. The highest BCUT2D eigenvalue weighted by molar-refractivity contribution is 7.91. The van der Waals surface area contributed by atoms with Crippen LogP contribution in [0.5, 0.6) is 0 Å². The van der Waals surface area contributed by atoms with E-state index in [0.29, 0.717) is 11.4 Å². The molecular formula is C14H22ClNO2S. The van der Waals surface area contributed by atoms with Crippen molar-refractivity contribution in [1.29, 1.82) is 0 Å². The number of benzene rings is 1. The zero-order chi connectivity index (χ0) is 14.3. The van der Waals surface area contributed by atoms with E-state index >= 15 is 0 Å². The van der Waals surface area contributed by atoms with E-state index in [1.807, 2.05) is 0 Å². The summed E-state index contributed by atoms with van der Waals surface area (Å²) in [5, 5.41) is 0.399. The van der Waals surface area contributed by atoms with E-state index in [1.165, 1.54) is 31.4 Å². The van der Waals surface area contributed by atoms with Gasteiger partial charge in [-0.05, 0) is 24.6 Å². The van der Waals surface area contributed by atoms with Crippen molar-refractivity contribution in [1.82, 2.24) is 0 Å². The highest BCUT2D eigenvalue weighted by Crippen LogP contribution is 2.24. The highest BCUT2D eigenvalue weighted by atomic mass is 35.5. The summed E-state index contributed by atoms with van der Waals surface area (Å²) >= 11 is 5.82. The van der Waals surface area contributed by atoms with Gasteiger partial charge >= 0.3 is 0 Å². The normalized spacial score (nSPS) is 11.7. The summed E-state index contributed by atoms with van der Waals surface area (Å²) in [5.74, 6) is 0.143. The lowest BCUT2D eigenvalue weighted by molar-refractivity contribution is 0.584. The van der Waals surface area contributed by atoms with Crippen LogP contribution >= 0.6 is 11.6 Å². The molecule has 5 heteroatoms. The molecule has 0 heterocycles. The first kappa shape index (κ1) is 16.3. The Bertz CT molecular complexity index is 500. The topological polar surface area (TPSA) is 60.2 Å². The number of rotatable bonds is 8. The Hall–Kier alpha value is -0.740. The van der Waals surface area contributed by atoms with Crippen molar-refractivity contribution in [2.75, 3.05) is 11.5 Å². The van der Waals surface area contributed by atoms with Crippen LogP contribution in [0.4, 0.5) is 5.69 Å². The first-order valence-electron chi connectivity index (χ1n) is 6.75. The number of halogens is 1. The van der Waals surface area contributed by atoms with Gasteiger partial charge in [-0.3, -0.25) is 0 Å². The summed E-state index contributed by atoms with van der Waals surface area (Å²) in [7, 11) is -3.32. The van der Waals surface area contributed by atoms with Crippen LogP contribution in [0.25, 0.3) is 0 Å². The Morgan fingerprint density at radius 2 is 1.74 bits per heavy atom. The van der Waals surface area contributed by atoms with Crippen LogP contribution in [-0.2, 0) is 9.84 Å². The van der Waals surface area contributed by atoms with Crippen molar-refractivity contribution in [2.24, 2.45) is 0 Å². The van der Waals surface area contributed by atoms with Gasteiger partial charge in [0.25, 0.3) is 0 Å². The molecular weight excluding hydrogens is 282 g/mol. The smallest absolute Gasteiger partial charge is 0.180 e. The molecule has 0 unspecified atom stereocenters. The second-order valence-corrected chi connectivity index (χ2v) is 7.28. The SMILES string of the molecule is CCCCCCCCS(=O)(=O)c1cc(Cl)ccc1N. The van der Waals surface area contributed by atoms with Crippen molar-refractivity contribution in [3.05, 3.63) is 23.2 Å². The fraction of sp³-hybridized carbons (Fsp3) is 0.571. The molecule has 0 saturated carbocycles. The highest BCUT2D eigenvalue weighted by Gasteiger charge is 2.17. The maximum absolute atomic E-state index is 12.2. The van der Waals surface area contributed by atoms with Crippen molar-refractivity contribution < 1.29 is 8.42 Å². The number of anilines is 1. The third-order valence-electron chi connectivity index (χ3n) is 3.08. The third-order valence-corrected chi connectivity index (χ3v) is 5.16. The van der Waals surface area contributed by atoms with Gasteiger partial charge in [-0.2, -0.15) is 0 Å². The summed E-state index contributed by atoms with van der Waals surface area (Å²) in [5.41, 5.74) is 5.98.